The molecule has 1 aromatic carbocycles. The van der Waals surface area contributed by atoms with E-state index >= 15 is 0 Å². The van der Waals surface area contributed by atoms with Crippen molar-refractivity contribution in [3.05, 3.63) is 46.6 Å². The molecule has 2 aliphatic carbocycles. The molecule has 3 N–H and O–H groups in total. The van der Waals surface area contributed by atoms with Gasteiger partial charge in [0.2, 0.25) is 0 Å². The summed E-state index contributed by atoms with van der Waals surface area (Å²) >= 11 is 0. The third-order valence-electron chi connectivity index (χ3n) is 7.26. The fraction of sp³-hybridized carbons (Fsp3) is 0.571. The number of aromatic nitrogens is 1. The van der Waals surface area contributed by atoms with Crippen LogP contribution in [0.1, 0.15) is 91.4 Å². The zero-order chi connectivity index (χ0) is 24.4. The van der Waals surface area contributed by atoms with Crippen molar-refractivity contribution in [2.24, 2.45) is 0 Å². The predicted molar refractivity (Wildman–Crippen MR) is 137 cm³/mol. The lowest BCUT2D eigenvalue weighted by Gasteiger charge is -2.32. The molecule has 0 spiro atoms. The number of hydrogen-bond acceptors (Lipinski definition) is 6. The van der Waals surface area contributed by atoms with Crippen LogP contribution >= 0.6 is 0 Å². The van der Waals surface area contributed by atoms with E-state index in [9.17, 15) is 4.79 Å². The summed E-state index contributed by atoms with van der Waals surface area (Å²) in [6, 6.07) is 8.34. The van der Waals surface area contributed by atoms with Crippen molar-refractivity contribution in [3.8, 4) is 11.5 Å². The molecule has 188 valence electrons. The summed E-state index contributed by atoms with van der Waals surface area (Å²) in [6.45, 7) is 8.09. The lowest BCUT2D eigenvalue weighted by atomic mass is 10.0. The minimum Gasteiger partial charge on any atom is -0.493 e. The monoisotopic (exact) mass is 478 g/mol. The first-order chi connectivity index (χ1) is 17.1. The molecule has 0 bridgehead atoms. The highest BCUT2D eigenvalue weighted by atomic mass is 16.5. The number of carbonyl (C=O) groups is 1. The van der Waals surface area contributed by atoms with Crippen LogP contribution in [0, 0.1) is 0 Å². The van der Waals surface area contributed by atoms with Crippen LogP contribution in [0.25, 0.3) is 0 Å². The Labute approximate surface area is 208 Å². The summed E-state index contributed by atoms with van der Waals surface area (Å²) in [5.74, 6) is 3.29. The van der Waals surface area contributed by atoms with E-state index in [1.807, 2.05) is 26.0 Å². The topological polar surface area (TPSA) is 89.7 Å². The van der Waals surface area contributed by atoms with Crippen molar-refractivity contribution in [1.29, 1.82) is 0 Å². The summed E-state index contributed by atoms with van der Waals surface area (Å²) in [4.78, 5) is 19.7. The van der Waals surface area contributed by atoms with Crippen molar-refractivity contribution in [3.63, 3.8) is 0 Å². The number of nitrogen functional groups attached to an aromatic ring is 1. The zero-order valence-corrected chi connectivity index (χ0v) is 21.0. The Morgan fingerprint density at radius 3 is 2.17 bits per heavy atom. The van der Waals surface area contributed by atoms with Crippen LogP contribution in [0.2, 0.25) is 0 Å². The number of anilines is 1. The Kier molecular flexibility index (Phi) is 7.14. The van der Waals surface area contributed by atoms with Crippen LogP contribution in [-0.2, 0) is 6.54 Å². The number of nitrogens with zero attached hydrogens (tertiary/aromatic N) is 2. The highest BCUT2D eigenvalue weighted by Gasteiger charge is 2.31. The van der Waals surface area contributed by atoms with Crippen molar-refractivity contribution in [2.75, 3.05) is 32.0 Å². The molecule has 2 heterocycles. The van der Waals surface area contributed by atoms with Gasteiger partial charge >= 0.3 is 0 Å². The van der Waals surface area contributed by atoms with Gasteiger partial charge in [-0.3, -0.25) is 9.69 Å². The second-order valence-electron chi connectivity index (χ2n) is 10.1. The molecule has 5 rings (SSSR count). The number of carbonyl (C=O) groups excluding carboxylic acids is 1. The second kappa shape index (κ2) is 10.4. The summed E-state index contributed by atoms with van der Waals surface area (Å²) in [5.41, 5.74) is 10.1. The van der Waals surface area contributed by atoms with Gasteiger partial charge in [0.05, 0.1) is 18.8 Å². The van der Waals surface area contributed by atoms with E-state index in [4.69, 9.17) is 15.2 Å². The molecule has 1 amide bonds. The normalized spacial score (nSPS) is 18.9. The third-order valence-corrected chi connectivity index (χ3v) is 7.26. The minimum absolute atomic E-state index is 0.117. The molecule has 0 radical (unpaired) electrons. The maximum Gasteiger partial charge on any atom is 0.255 e. The van der Waals surface area contributed by atoms with Crippen molar-refractivity contribution < 1.29 is 14.3 Å². The van der Waals surface area contributed by atoms with Crippen LogP contribution in [0.5, 0.6) is 11.5 Å². The number of pyridine rings is 1. The number of hydrogen-bond donors (Lipinski definition) is 2. The highest BCUT2D eigenvalue weighted by molar-refractivity contribution is 5.98. The molecule has 3 aliphatic rings. The van der Waals surface area contributed by atoms with Crippen LogP contribution in [0.4, 0.5) is 5.82 Å². The van der Waals surface area contributed by atoms with Crippen LogP contribution in [0.3, 0.4) is 0 Å². The van der Waals surface area contributed by atoms with E-state index in [0.717, 1.165) is 49.7 Å². The van der Waals surface area contributed by atoms with Gasteiger partial charge in [-0.15, -0.1) is 0 Å². The molecule has 1 aromatic heterocycles. The number of amides is 1. The number of rotatable bonds is 10. The largest absolute Gasteiger partial charge is 0.493 e. The molecule has 35 heavy (non-hydrogen) atoms. The molecule has 1 saturated heterocycles. The van der Waals surface area contributed by atoms with Crippen molar-refractivity contribution in [2.45, 2.75) is 76.8 Å². The van der Waals surface area contributed by atoms with E-state index in [2.05, 4.69) is 27.3 Å². The average Bonchev–Trinajstić information content (AvgIpc) is 3.75. The molecule has 0 atom stereocenters. The maximum absolute atomic E-state index is 12.8. The molecule has 7 heteroatoms. The van der Waals surface area contributed by atoms with Crippen molar-refractivity contribution in [1.82, 2.24) is 15.2 Å². The Hall–Kier alpha value is -2.80. The molecular weight excluding hydrogens is 440 g/mol. The van der Waals surface area contributed by atoms with Gasteiger partial charge in [0.1, 0.15) is 17.3 Å². The number of nitrogens with two attached hydrogens (primary N) is 1. The first-order valence-corrected chi connectivity index (χ1v) is 13.3. The van der Waals surface area contributed by atoms with Crippen molar-refractivity contribution >= 4 is 11.7 Å². The Morgan fingerprint density at radius 1 is 1.00 bits per heavy atom. The van der Waals surface area contributed by atoms with Gasteiger partial charge in [-0.1, -0.05) is 0 Å². The smallest absolute Gasteiger partial charge is 0.255 e. The number of ether oxygens (including phenoxy) is 2. The first kappa shape index (κ1) is 23.9. The number of benzene rings is 1. The van der Waals surface area contributed by atoms with Gasteiger partial charge in [0, 0.05) is 42.9 Å². The third kappa shape index (κ3) is 5.72. The Balaban J connectivity index is 1.18. The number of nitrogens with one attached hydrogen (secondary N) is 1. The standard InChI is InChI=1S/C28H38N4O3/c1-3-34-24-15-18(16-25(35-4-2)26(24)20-7-8-20)17-32-13-11-21(12-14-32)30-28(33)22-9-10-23(19-5-6-19)31-27(22)29/h9-10,15-16,19-21H,3-8,11-14,17H2,1-2H3,(H2,29,31)(H,30,33). The first-order valence-electron chi connectivity index (χ1n) is 13.3. The molecule has 3 fully saturated rings. The molecule has 0 unspecified atom stereocenters. The van der Waals surface area contributed by atoms with E-state index in [1.54, 1.807) is 0 Å². The minimum atomic E-state index is -0.117. The van der Waals surface area contributed by atoms with E-state index < -0.39 is 0 Å². The molecule has 7 nitrogen and oxygen atoms in total. The molecular formula is C28H38N4O3. The maximum atomic E-state index is 12.8. The van der Waals surface area contributed by atoms with Gasteiger partial charge in [0.25, 0.3) is 5.91 Å². The number of piperidine rings is 1. The lowest BCUT2D eigenvalue weighted by molar-refractivity contribution is 0.0909. The predicted octanol–water partition coefficient (Wildman–Crippen LogP) is 4.61. The fourth-order valence-corrected chi connectivity index (χ4v) is 5.12. The SMILES string of the molecule is CCOc1cc(CN2CCC(NC(=O)c3ccc(C4CC4)nc3N)CC2)cc(OCC)c1C1CC1. The summed E-state index contributed by atoms with van der Waals surface area (Å²) < 4.78 is 12.1. The van der Waals surface area contributed by atoms with E-state index in [0.29, 0.717) is 36.4 Å². The second-order valence-corrected chi connectivity index (χ2v) is 10.1. The van der Waals surface area contributed by atoms with Gasteiger partial charge in [0.15, 0.2) is 0 Å². The summed E-state index contributed by atoms with van der Waals surface area (Å²) in [6.07, 6.45) is 6.59. The average molecular weight is 479 g/mol. The van der Waals surface area contributed by atoms with Crippen LogP contribution < -0.4 is 20.5 Å². The van der Waals surface area contributed by atoms with Crippen LogP contribution in [-0.4, -0.2) is 48.1 Å². The van der Waals surface area contributed by atoms with Gasteiger partial charge < -0.3 is 20.5 Å². The van der Waals surface area contributed by atoms with Gasteiger partial charge in [-0.25, -0.2) is 4.98 Å². The van der Waals surface area contributed by atoms with E-state index in [-0.39, 0.29) is 11.9 Å². The molecule has 1 aliphatic heterocycles. The molecule has 2 saturated carbocycles. The summed E-state index contributed by atoms with van der Waals surface area (Å²) in [7, 11) is 0. The fourth-order valence-electron chi connectivity index (χ4n) is 5.12. The highest BCUT2D eigenvalue weighted by Crippen LogP contribution is 2.49. The van der Waals surface area contributed by atoms with Gasteiger partial charge in [-0.05, 0) is 88.1 Å². The Morgan fingerprint density at radius 2 is 1.63 bits per heavy atom. The Bertz CT molecular complexity index is 1030. The number of likely N-dealkylation sites (tertiary alicyclic amines) is 1. The zero-order valence-electron chi connectivity index (χ0n) is 21.0. The summed E-state index contributed by atoms with van der Waals surface area (Å²) in [5, 5.41) is 3.18. The lowest BCUT2D eigenvalue weighted by Crippen LogP contribution is -2.44. The van der Waals surface area contributed by atoms with Crippen LogP contribution in [0.15, 0.2) is 24.3 Å². The quantitative estimate of drug-likeness (QED) is 0.518. The van der Waals surface area contributed by atoms with E-state index in [1.165, 1.54) is 36.8 Å². The van der Waals surface area contributed by atoms with Gasteiger partial charge in [-0.2, -0.15) is 0 Å². The molecule has 2 aromatic rings.